The topological polar surface area (TPSA) is 117 Å². The fraction of sp³-hybridized carbons (Fsp3) is 0.414. The fourth-order valence-corrected chi connectivity index (χ4v) is 6.08. The smallest absolute Gasteiger partial charge is 0.305 e. The Labute approximate surface area is 230 Å². The third kappa shape index (κ3) is 6.69. The third-order valence-electron chi connectivity index (χ3n) is 7.45. The zero-order valence-electron chi connectivity index (χ0n) is 21.5. The first kappa shape index (κ1) is 28.0. The number of nitrogens with zero attached hydrogens (tertiary/aromatic N) is 1. The van der Waals surface area contributed by atoms with E-state index in [0.717, 1.165) is 42.4 Å². The lowest BCUT2D eigenvalue weighted by Gasteiger charge is -2.27. The molecule has 2 aromatic rings. The van der Waals surface area contributed by atoms with Crippen molar-refractivity contribution in [1.82, 2.24) is 10.6 Å². The Morgan fingerprint density at radius 3 is 2.74 bits per heavy atom. The van der Waals surface area contributed by atoms with Crippen LogP contribution in [0, 0.1) is 11.7 Å². The van der Waals surface area contributed by atoms with E-state index in [1.165, 1.54) is 23.3 Å². The van der Waals surface area contributed by atoms with Gasteiger partial charge in [0.1, 0.15) is 5.82 Å². The largest absolute Gasteiger partial charge is 0.481 e. The molecule has 2 atom stereocenters. The Morgan fingerprint density at radius 1 is 1.26 bits per heavy atom. The molecule has 202 valence electrons. The number of amides is 1. The number of nitrogens with two attached hydrogens (primary N) is 1. The highest BCUT2D eigenvalue weighted by atomic mass is 79.9. The molecule has 2 aliphatic rings. The van der Waals surface area contributed by atoms with Gasteiger partial charge < -0.3 is 16.2 Å². The predicted molar refractivity (Wildman–Crippen MR) is 151 cm³/mol. The van der Waals surface area contributed by atoms with Crippen LogP contribution in [-0.4, -0.2) is 42.1 Å². The molecular formula is C29H34BrFN4O3. The summed E-state index contributed by atoms with van der Waals surface area (Å²) in [5, 5.41) is 15.2. The summed E-state index contributed by atoms with van der Waals surface area (Å²) in [5.74, 6) is -1.76. The summed E-state index contributed by atoms with van der Waals surface area (Å²) in [7, 11) is 0. The molecule has 1 fully saturated rings. The summed E-state index contributed by atoms with van der Waals surface area (Å²) in [5.41, 5.74) is 10.1. The number of allylic oxidation sites excluding steroid dienone is 1. The quantitative estimate of drug-likeness (QED) is 0.250. The molecule has 9 heteroatoms. The number of carboxylic acid groups (broad SMARTS) is 1. The first-order valence-corrected chi connectivity index (χ1v) is 13.9. The van der Waals surface area contributed by atoms with Gasteiger partial charge in [-0.3, -0.25) is 14.9 Å². The van der Waals surface area contributed by atoms with Gasteiger partial charge in [-0.25, -0.2) is 9.38 Å². The van der Waals surface area contributed by atoms with Gasteiger partial charge in [-0.15, -0.1) is 0 Å². The highest BCUT2D eigenvalue weighted by Gasteiger charge is 2.26. The van der Waals surface area contributed by atoms with Crippen molar-refractivity contribution >= 4 is 39.8 Å². The van der Waals surface area contributed by atoms with Crippen molar-refractivity contribution in [1.29, 1.82) is 0 Å². The number of carbonyl (C=O) groups is 2. The minimum atomic E-state index is -0.969. The lowest BCUT2D eigenvalue weighted by molar-refractivity contribution is -0.137. The number of carboxylic acids is 1. The molecule has 5 N–H and O–H groups in total. The van der Waals surface area contributed by atoms with Gasteiger partial charge in [0.25, 0.3) is 5.91 Å². The fourth-order valence-electron chi connectivity index (χ4n) is 5.56. The molecule has 1 saturated heterocycles. The molecule has 0 saturated carbocycles. The number of nitrogens with one attached hydrogen (secondary N) is 2. The maximum Gasteiger partial charge on any atom is 0.305 e. The number of halogens is 2. The maximum atomic E-state index is 15.0. The van der Waals surface area contributed by atoms with Crippen LogP contribution < -0.4 is 16.4 Å². The van der Waals surface area contributed by atoms with Crippen LogP contribution >= 0.6 is 15.9 Å². The minimum Gasteiger partial charge on any atom is -0.481 e. The van der Waals surface area contributed by atoms with Gasteiger partial charge in [0.05, 0.1) is 12.5 Å². The summed E-state index contributed by atoms with van der Waals surface area (Å²) in [4.78, 5) is 29.0. The molecule has 1 amide bonds. The zero-order chi connectivity index (χ0) is 27.2. The second kappa shape index (κ2) is 12.7. The number of benzene rings is 2. The summed E-state index contributed by atoms with van der Waals surface area (Å²) >= 11 is 3.59. The number of hydrogen-bond donors (Lipinski definition) is 4. The number of aryl methyl sites for hydroxylation is 1. The van der Waals surface area contributed by atoms with E-state index >= 15 is 4.39 Å². The van der Waals surface area contributed by atoms with E-state index in [4.69, 9.17) is 5.73 Å². The molecule has 7 nitrogen and oxygen atoms in total. The van der Waals surface area contributed by atoms with Gasteiger partial charge in [-0.05, 0) is 92.1 Å². The monoisotopic (exact) mass is 584 g/mol. The Hall–Kier alpha value is -3.04. The van der Waals surface area contributed by atoms with Gasteiger partial charge >= 0.3 is 5.97 Å². The Bertz CT molecular complexity index is 1260. The Kier molecular flexibility index (Phi) is 9.33. The van der Waals surface area contributed by atoms with Gasteiger partial charge in [-0.1, -0.05) is 41.1 Å². The van der Waals surface area contributed by atoms with Crippen molar-refractivity contribution < 1.29 is 19.1 Å². The summed E-state index contributed by atoms with van der Waals surface area (Å²) in [6, 6.07) is 8.05. The van der Waals surface area contributed by atoms with E-state index in [1.807, 2.05) is 0 Å². The summed E-state index contributed by atoms with van der Waals surface area (Å²) in [6.07, 6.45) is 7.61. The zero-order valence-corrected chi connectivity index (χ0v) is 23.1. The molecule has 2 aromatic carbocycles. The van der Waals surface area contributed by atoms with Gasteiger partial charge in [0.2, 0.25) is 0 Å². The Balaban J connectivity index is 1.52. The minimum absolute atomic E-state index is 0.0564. The van der Waals surface area contributed by atoms with Crippen molar-refractivity contribution in [2.24, 2.45) is 16.6 Å². The van der Waals surface area contributed by atoms with E-state index in [1.54, 1.807) is 6.07 Å². The number of rotatable bonds is 9. The molecule has 1 aliphatic carbocycles. The molecule has 4 rings (SSSR count). The predicted octanol–water partition coefficient (Wildman–Crippen LogP) is 4.78. The van der Waals surface area contributed by atoms with Crippen molar-refractivity contribution in [2.75, 3.05) is 13.1 Å². The molecule has 2 unspecified atom stereocenters. The number of carbonyl (C=O) groups excluding carboxylic acids is 1. The van der Waals surface area contributed by atoms with Crippen molar-refractivity contribution in [3.8, 4) is 0 Å². The maximum absolute atomic E-state index is 15.0. The highest BCUT2D eigenvalue weighted by molar-refractivity contribution is 9.10. The van der Waals surface area contributed by atoms with E-state index in [2.05, 4.69) is 62.8 Å². The van der Waals surface area contributed by atoms with Crippen LogP contribution in [0.25, 0.3) is 6.08 Å². The van der Waals surface area contributed by atoms with Gasteiger partial charge in [-0.2, -0.15) is 0 Å². The second-order valence-corrected chi connectivity index (χ2v) is 10.8. The van der Waals surface area contributed by atoms with E-state index in [-0.39, 0.29) is 23.9 Å². The normalized spacial score (nSPS) is 18.3. The van der Waals surface area contributed by atoms with Crippen molar-refractivity contribution in [2.45, 2.75) is 57.4 Å². The van der Waals surface area contributed by atoms with Crippen LogP contribution in [-0.2, 0) is 17.6 Å². The van der Waals surface area contributed by atoms with Crippen molar-refractivity contribution in [3.63, 3.8) is 0 Å². The van der Waals surface area contributed by atoms with E-state index < -0.39 is 23.7 Å². The SMILES string of the molecule is CCC1C=Cc2cc(Br)cc(CCc3c(F)cccc3C(=O)NC(N)=NC(CC(=O)O)C3CCNCC3)c21. The standard InChI is InChI=1S/C29H34BrFN4O3/c1-2-17-6-7-19-14-21(30)15-20(27(17)19)8-9-22-23(4-3-5-24(22)31)28(38)35-29(32)34-25(16-26(36)37)18-10-12-33-13-11-18/h3-7,14-15,17-18,25,33H,2,8-13,16H2,1H3,(H,36,37)(H3,32,34,35,38). The summed E-state index contributed by atoms with van der Waals surface area (Å²) < 4.78 is 16.0. The van der Waals surface area contributed by atoms with Crippen LogP contribution in [0.15, 0.2) is 45.9 Å². The molecule has 1 aliphatic heterocycles. The number of guanidine groups is 1. The first-order valence-electron chi connectivity index (χ1n) is 13.1. The average Bonchev–Trinajstić information content (AvgIpc) is 3.30. The van der Waals surface area contributed by atoms with Gasteiger partial charge in [0.15, 0.2) is 5.96 Å². The first-order chi connectivity index (χ1) is 18.3. The van der Waals surface area contributed by atoms with E-state index in [0.29, 0.717) is 24.3 Å². The van der Waals surface area contributed by atoms with Gasteiger partial charge in [0, 0.05) is 21.5 Å². The lowest BCUT2D eigenvalue weighted by Crippen LogP contribution is -2.41. The van der Waals surface area contributed by atoms with E-state index in [9.17, 15) is 14.7 Å². The number of piperidine rings is 1. The molecular weight excluding hydrogens is 551 g/mol. The average molecular weight is 586 g/mol. The molecule has 38 heavy (non-hydrogen) atoms. The number of aliphatic carboxylic acids is 1. The van der Waals surface area contributed by atoms with Crippen LogP contribution in [0.4, 0.5) is 4.39 Å². The molecule has 0 spiro atoms. The number of hydrogen-bond acceptors (Lipinski definition) is 4. The number of fused-ring (bicyclic) bond motifs is 1. The molecule has 0 aromatic heterocycles. The third-order valence-corrected chi connectivity index (χ3v) is 7.91. The van der Waals surface area contributed by atoms with Crippen LogP contribution in [0.1, 0.15) is 71.1 Å². The molecule has 0 bridgehead atoms. The van der Waals surface area contributed by atoms with Crippen molar-refractivity contribution in [3.05, 3.63) is 74.5 Å². The second-order valence-electron chi connectivity index (χ2n) is 9.93. The van der Waals surface area contributed by atoms with Crippen LogP contribution in [0.2, 0.25) is 0 Å². The Morgan fingerprint density at radius 2 is 2.03 bits per heavy atom. The van der Waals surface area contributed by atoms with Crippen LogP contribution in [0.5, 0.6) is 0 Å². The summed E-state index contributed by atoms with van der Waals surface area (Å²) in [6.45, 7) is 3.71. The number of aliphatic imine (C=N–C) groups is 1. The van der Waals surface area contributed by atoms with Crippen LogP contribution in [0.3, 0.4) is 0 Å². The lowest BCUT2D eigenvalue weighted by atomic mass is 9.89. The molecule has 1 heterocycles. The molecule has 0 radical (unpaired) electrons. The highest BCUT2D eigenvalue weighted by Crippen LogP contribution is 2.37.